The third kappa shape index (κ3) is 4.36. The molecule has 4 nitrogen and oxygen atoms in total. The minimum Gasteiger partial charge on any atom is -0.444 e. The molecular formula is C19H24N2O2S. The lowest BCUT2D eigenvalue weighted by atomic mass is 10.1. The van der Waals surface area contributed by atoms with Gasteiger partial charge in [0, 0.05) is 23.2 Å². The van der Waals surface area contributed by atoms with Crippen LogP contribution < -0.4 is 10.6 Å². The number of benzene rings is 1. The van der Waals surface area contributed by atoms with Crippen molar-refractivity contribution in [1.29, 1.82) is 0 Å². The molecule has 1 aromatic carbocycles. The number of hydrogen-bond acceptors (Lipinski definition) is 4. The van der Waals surface area contributed by atoms with Crippen LogP contribution in [0.2, 0.25) is 0 Å². The van der Waals surface area contributed by atoms with Crippen molar-refractivity contribution in [3.05, 3.63) is 51.7 Å². The van der Waals surface area contributed by atoms with E-state index in [-0.39, 0.29) is 0 Å². The van der Waals surface area contributed by atoms with Gasteiger partial charge in [-0.1, -0.05) is 12.1 Å². The Hall–Kier alpha value is -1.85. The van der Waals surface area contributed by atoms with E-state index in [1.54, 1.807) is 11.3 Å². The largest absolute Gasteiger partial charge is 0.444 e. The number of ether oxygens (including phenoxy) is 1. The van der Waals surface area contributed by atoms with E-state index in [0.717, 1.165) is 25.1 Å². The number of carbonyl (C=O) groups is 1. The Morgan fingerprint density at radius 1 is 1.33 bits per heavy atom. The standard InChI is InChI=1S/C19H24N2O2S/c1-19(2,3)23-18(22)21-14-7-8-16-13(11-14)6-9-17(16)20-12-15-5-4-10-24-15/h4-5,7-8,10-11,17,20H,6,9,12H2,1-3H3,(H,21,22). The van der Waals surface area contributed by atoms with Gasteiger partial charge in [-0.2, -0.15) is 0 Å². The van der Waals surface area contributed by atoms with E-state index in [1.807, 2.05) is 26.8 Å². The fourth-order valence-corrected chi connectivity index (χ4v) is 3.62. The van der Waals surface area contributed by atoms with Crippen LogP contribution in [-0.2, 0) is 17.7 Å². The van der Waals surface area contributed by atoms with Gasteiger partial charge in [0.1, 0.15) is 5.60 Å². The number of nitrogens with one attached hydrogen (secondary N) is 2. The summed E-state index contributed by atoms with van der Waals surface area (Å²) in [6.07, 6.45) is 1.71. The van der Waals surface area contributed by atoms with Crippen LogP contribution in [0.3, 0.4) is 0 Å². The monoisotopic (exact) mass is 344 g/mol. The third-order valence-corrected chi connectivity index (χ3v) is 4.85. The molecule has 3 rings (SSSR count). The van der Waals surface area contributed by atoms with Crippen molar-refractivity contribution in [2.75, 3.05) is 5.32 Å². The van der Waals surface area contributed by atoms with Gasteiger partial charge in [-0.3, -0.25) is 5.32 Å². The quantitative estimate of drug-likeness (QED) is 0.832. The van der Waals surface area contributed by atoms with E-state index in [0.29, 0.717) is 6.04 Å². The average molecular weight is 344 g/mol. The first-order valence-electron chi connectivity index (χ1n) is 8.29. The highest BCUT2D eigenvalue weighted by Crippen LogP contribution is 2.33. The highest BCUT2D eigenvalue weighted by atomic mass is 32.1. The highest BCUT2D eigenvalue weighted by molar-refractivity contribution is 7.09. The van der Waals surface area contributed by atoms with Crippen LogP contribution in [-0.4, -0.2) is 11.7 Å². The second-order valence-electron chi connectivity index (χ2n) is 7.09. The second kappa shape index (κ2) is 6.95. The summed E-state index contributed by atoms with van der Waals surface area (Å²) in [6.45, 7) is 6.48. The molecule has 0 saturated heterocycles. The molecule has 24 heavy (non-hydrogen) atoms. The van der Waals surface area contributed by atoms with E-state index >= 15 is 0 Å². The topological polar surface area (TPSA) is 50.4 Å². The Labute approximate surface area is 147 Å². The van der Waals surface area contributed by atoms with Gasteiger partial charge in [0.25, 0.3) is 0 Å². The summed E-state index contributed by atoms with van der Waals surface area (Å²) in [5, 5.41) is 8.55. The molecule has 0 bridgehead atoms. The number of anilines is 1. The number of thiophene rings is 1. The van der Waals surface area contributed by atoms with Crippen molar-refractivity contribution in [3.8, 4) is 0 Å². The Kier molecular flexibility index (Phi) is 4.92. The lowest BCUT2D eigenvalue weighted by Crippen LogP contribution is -2.27. The maximum Gasteiger partial charge on any atom is 0.412 e. The van der Waals surface area contributed by atoms with Gasteiger partial charge >= 0.3 is 6.09 Å². The molecule has 0 aliphatic heterocycles. The summed E-state index contributed by atoms with van der Waals surface area (Å²) in [7, 11) is 0. The molecule has 1 aliphatic carbocycles. The predicted molar refractivity (Wildman–Crippen MR) is 98.5 cm³/mol. The van der Waals surface area contributed by atoms with Gasteiger partial charge < -0.3 is 10.1 Å². The fraction of sp³-hybridized carbons (Fsp3) is 0.421. The Morgan fingerprint density at radius 3 is 2.88 bits per heavy atom. The van der Waals surface area contributed by atoms with E-state index in [4.69, 9.17) is 4.74 Å². The molecule has 1 aliphatic rings. The van der Waals surface area contributed by atoms with Gasteiger partial charge in [0.05, 0.1) is 0 Å². The molecule has 128 valence electrons. The molecule has 5 heteroatoms. The van der Waals surface area contributed by atoms with E-state index in [2.05, 4.69) is 40.3 Å². The molecule has 0 saturated carbocycles. The van der Waals surface area contributed by atoms with Gasteiger partial charge in [-0.05, 0) is 68.3 Å². The maximum atomic E-state index is 11.9. The summed E-state index contributed by atoms with van der Waals surface area (Å²) in [5.74, 6) is 0. The Morgan fingerprint density at radius 2 is 2.17 bits per heavy atom. The van der Waals surface area contributed by atoms with E-state index in [1.165, 1.54) is 16.0 Å². The lowest BCUT2D eigenvalue weighted by molar-refractivity contribution is 0.0636. The summed E-state index contributed by atoms with van der Waals surface area (Å²) in [6, 6.07) is 10.7. The summed E-state index contributed by atoms with van der Waals surface area (Å²) in [5.41, 5.74) is 2.94. The Bertz CT molecular complexity index is 705. The molecular weight excluding hydrogens is 320 g/mol. The zero-order valence-electron chi connectivity index (χ0n) is 14.4. The molecule has 1 atom stereocenters. The molecule has 0 fully saturated rings. The first-order valence-corrected chi connectivity index (χ1v) is 9.17. The molecule has 0 spiro atoms. The van der Waals surface area contributed by atoms with Crippen LogP contribution in [0.5, 0.6) is 0 Å². The van der Waals surface area contributed by atoms with Crippen molar-refractivity contribution >= 4 is 23.1 Å². The number of carbonyl (C=O) groups excluding carboxylic acids is 1. The zero-order chi connectivity index (χ0) is 17.2. The number of rotatable bonds is 4. The van der Waals surface area contributed by atoms with Crippen molar-refractivity contribution in [3.63, 3.8) is 0 Å². The SMILES string of the molecule is CC(C)(C)OC(=O)Nc1ccc2c(c1)CCC2NCc1cccs1. The summed E-state index contributed by atoms with van der Waals surface area (Å²) >= 11 is 1.78. The highest BCUT2D eigenvalue weighted by Gasteiger charge is 2.23. The van der Waals surface area contributed by atoms with Crippen LogP contribution in [0.4, 0.5) is 10.5 Å². The van der Waals surface area contributed by atoms with Crippen LogP contribution >= 0.6 is 11.3 Å². The zero-order valence-corrected chi connectivity index (χ0v) is 15.2. The molecule has 0 radical (unpaired) electrons. The maximum absolute atomic E-state index is 11.9. The minimum atomic E-state index is -0.488. The normalized spacial score (nSPS) is 16.7. The van der Waals surface area contributed by atoms with Gasteiger partial charge in [-0.25, -0.2) is 4.79 Å². The van der Waals surface area contributed by atoms with E-state index in [9.17, 15) is 4.79 Å². The third-order valence-electron chi connectivity index (χ3n) is 3.97. The van der Waals surface area contributed by atoms with Crippen LogP contribution in [0, 0.1) is 0 Å². The summed E-state index contributed by atoms with van der Waals surface area (Å²) < 4.78 is 5.30. The van der Waals surface area contributed by atoms with Crippen molar-refractivity contribution < 1.29 is 9.53 Å². The smallest absolute Gasteiger partial charge is 0.412 e. The molecule has 1 amide bonds. The molecule has 2 N–H and O–H groups in total. The van der Waals surface area contributed by atoms with Crippen molar-refractivity contribution in [1.82, 2.24) is 5.32 Å². The number of fused-ring (bicyclic) bond motifs is 1. The van der Waals surface area contributed by atoms with Gasteiger partial charge in [-0.15, -0.1) is 11.3 Å². The van der Waals surface area contributed by atoms with Crippen molar-refractivity contribution in [2.45, 2.75) is 51.8 Å². The molecule has 2 aromatic rings. The molecule has 1 unspecified atom stereocenters. The first kappa shape index (κ1) is 17.0. The van der Waals surface area contributed by atoms with Gasteiger partial charge in [0.2, 0.25) is 0 Å². The summed E-state index contributed by atoms with van der Waals surface area (Å²) in [4.78, 5) is 13.2. The van der Waals surface area contributed by atoms with Crippen LogP contribution in [0.1, 0.15) is 49.2 Å². The molecule has 1 heterocycles. The Balaban J connectivity index is 1.61. The van der Waals surface area contributed by atoms with E-state index < -0.39 is 11.7 Å². The van der Waals surface area contributed by atoms with Gasteiger partial charge in [0.15, 0.2) is 0 Å². The average Bonchev–Trinajstić information content (AvgIpc) is 3.11. The van der Waals surface area contributed by atoms with Crippen LogP contribution in [0.15, 0.2) is 35.7 Å². The lowest BCUT2D eigenvalue weighted by Gasteiger charge is -2.20. The van der Waals surface area contributed by atoms with Crippen LogP contribution in [0.25, 0.3) is 0 Å². The minimum absolute atomic E-state index is 0.387. The number of aryl methyl sites for hydroxylation is 1. The number of amides is 1. The van der Waals surface area contributed by atoms with Crippen molar-refractivity contribution in [2.24, 2.45) is 0 Å². The number of hydrogen-bond donors (Lipinski definition) is 2. The first-order chi connectivity index (χ1) is 11.4. The predicted octanol–water partition coefficient (Wildman–Crippen LogP) is 4.87. The second-order valence-corrected chi connectivity index (χ2v) is 8.12. The molecule has 1 aromatic heterocycles. The fourth-order valence-electron chi connectivity index (χ4n) is 2.97.